The summed E-state index contributed by atoms with van der Waals surface area (Å²) in [5.74, 6) is 0.293. The Morgan fingerprint density at radius 1 is 1.33 bits per heavy atom. The molecule has 3 rings (SSSR count). The number of rotatable bonds is 2. The topological polar surface area (TPSA) is 74.3 Å². The van der Waals surface area contributed by atoms with Crippen LogP contribution in [0.4, 0.5) is 0 Å². The average Bonchev–Trinajstić information content (AvgIpc) is 2.98. The number of hydrogen-bond donors (Lipinski definition) is 1. The van der Waals surface area contributed by atoms with Crippen molar-refractivity contribution in [1.29, 1.82) is 0 Å². The molecule has 18 heavy (non-hydrogen) atoms. The van der Waals surface area contributed by atoms with Crippen molar-refractivity contribution in [1.82, 2.24) is 4.57 Å². The molecule has 5 heteroatoms. The van der Waals surface area contributed by atoms with Crippen molar-refractivity contribution in [2.24, 2.45) is 12.8 Å². The Hall–Kier alpha value is -2.27. The summed E-state index contributed by atoms with van der Waals surface area (Å²) in [5.41, 5.74) is 8.19. The van der Waals surface area contributed by atoms with Gasteiger partial charge in [-0.2, -0.15) is 0 Å². The molecule has 1 atom stereocenters. The lowest BCUT2D eigenvalue weighted by atomic mass is 10.1. The Morgan fingerprint density at radius 3 is 2.89 bits per heavy atom. The van der Waals surface area contributed by atoms with Crippen molar-refractivity contribution < 1.29 is 8.83 Å². The summed E-state index contributed by atoms with van der Waals surface area (Å²) in [4.78, 5) is 11.4. The first-order chi connectivity index (χ1) is 8.66. The summed E-state index contributed by atoms with van der Waals surface area (Å²) in [6.45, 7) is 0. The van der Waals surface area contributed by atoms with Gasteiger partial charge in [0.15, 0.2) is 5.58 Å². The lowest BCUT2D eigenvalue weighted by Crippen LogP contribution is -2.10. The molecule has 2 N–H and O–H groups in total. The van der Waals surface area contributed by atoms with Crippen LogP contribution in [-0.4, -0.2) is 4.57 Å². The van der Waals surface area contributed by atoms with E-state index in [-0.39, 0.29) is 11.8 Å². The smallest absolute Gasteiger partial charge is 0.419 e. The van der Waals surface area contributed by atoms with Crippen LogP contribution < -0.4 is 11.5 Å². The van der Waals surface area contributed by atoms with Gasteiger partial charge in [-0.3, -0.25) is 4.57 Å². The minimum absolute atomic E-state index is 0.366. The number of fused-ring (bicyclic) bond motifs is 1. The number of furan rings is 1. The SMILES string of the molecule is Cn1c(=O)oc2cc(C(N)c3ccco3)ccc21. The molecular weight excluding hydrogens is 232 g/mol. The number of aryl methyl sites for hydroxylation is 1. The molecule has 2 heterocycles. The number of hydrogen-bond acceptors (Lipinski definition) is 4. The van der Waals surface area contributed by atoms with Crippen LogP contribution in [0.1, 0.15) is 17.4 Å². The maximum absolute atomic E-state index is 11.4. The van der Waals surface area contributed by atoms with Gasteiger partial charge >= 0.3 is 5.76 Å². The molecule has 1 aromatic carbocycles. The third-order valence-electron chi connectivity index (χ3n) is 3.03. The van der Waals surface area contributed by atoms with E-state index in [1.165, 1.54) is 4.57 Å². The van der Waals surface area contributed by atoms with Gasteiger partial charge in [0.05, 0.1) is 17.8 Å². The van der Waals surface area contributed by atoms with E-state index in [1.54, 1.807) is 25.4 Å². The molecule has 0 bridgehead atoms. The van der Waals surface area contributed by atoms with E-state index in [0.29, 0.717) is 11.3 Å². The van der Waals surface area contributed by atoms with Crippen molar-refractivity contribution >= 4 is 11.1 Å². The van der Waals surface area contributed by atoms with E-state index >= 15 is 0 Å². The molecule has 2 aromatic heterocycles. The van der Waals surface area contributed by atoms with Crippen LogP contribution >= 0.6 is 0 Å². The third-order valence-corrected chi connectivity index (χ3v) is 3.03. The van der Waals surface area contributed by atoms with E-state index in [4.69, 9.17) is 14.6 Å². The zero-order valence-electron chi connectivity index (χ0n) is 9.79. The first-order valence-corrected chi connectivity index (χ1v) is 5.55. The Labute approximate surface area is 102 Å². The van der Waals surface area contributed by atoms with Gasteiger partial charge in [-0.05, 0) is 29.8 Å². The summed E-state index contributed by atoms with van der Waals surface area (Å²) >= 11 is 0. The van der Waals surface area contributed by atoms with Crippen LogP contribution in [0.5, 0.6) is 0 Å². The van der Waals surface area contributed by atoms with Gasteiger partial charge in [0, 0.05) is 7.05 Å². The van der Waals surface area contributed by atoms with Gasteiger partial charge in [-0.15, -0.1) is 0 Å². The van der Waals surface area contributed by atoms with Crippen LogP contribution in [0.25, 0.3) is 11.1 Å². The maximum atomic E-state index is 11.4. The molecule has 0 saturated carbocycles. The zero-order valence-corrected chi connectivity index (χ0v) is 9.79. The van der Waals surface area contributed by atoms with E-state index in [1.807, 2.05) is 18.2 Å². The Balaban J connectivity index is 2.11. The van der Waals surface area contributed by atoms with Gasteiger partial charge < -0.3 is 14.6 Å². The number of aromatic nitrogens is 1. The molecule has 0 aliphatic heterocycles. The van der Waals surface area contributed by atoms with Gasteiger partial charge in [-0.25, -0.2) is 4.79 Å². The quantitative estimate of drug-likeness (QED) is 0.745. The van der Waals surface area contributed by atoms with E-state index in [9.17, 15) is 4.79 Å². The molecule has 0 radical (unpaired) electrons. The highest BCUT2D eigenvalue weighted by molar-refractivity contribution is 5.74. The van der Waals surface area contributed by atoms with Gasteiger partial charge in [-0.1, -0.05) is 6.07 Å². The third kappa shape index (κ3) is 1.56. The molecule has 1 unspecified atom stereocenters. The lowest BCUT2D eigenvalue weighted by molar-refractivity contribution is 0.489. The summed E-state index contributed by atoms with van der Waals surface area (Å²) in [5, 5.41) is 0. The van der Waals surface area contributed by atoms with Crippen LogP contribution in [0.15, 0.2) is 50.2 Å². The fraction of sp³-hybridized carbons (Fsp3) is 0.154. The summed E-state index contributed by atoms with van der Waals surface area (Å²) in [6, 6.07) is 8.69. The highest BCUT2D eigenvalue weighted by atomic mass is 16.4. The van der Waals surface area contributed by atoms with E-state index < -0.39 is 0 Å². The largest absolute Gasteiger partial charge is 0.467 e. The van der Waals surface area contributed by atoms with Gasteiger partial charge in [0.25, 0.3) is 0 Å². The molecule has 3 aromatic rings. The second kappa shape index (κ2) is 3.89. The number of oxazole rings is 1. The Bertz CT molecular complexity index is 737. The molecule has 0 spiro atoms. The van der Waals surface area contributed by atoms with Gasteiger partial charge in [0.1, 0.15) is 5.76 Å². The summed E-state index contributed by atoms with van der Waals surface area (Å²) < 4.78 is 11.9. The standard InChI is InChI=1S/C13H12N2O3/c1-15-9-5-4-8(7-11(9)18-13(15)16)12(14)10-3-2-6-17-10/h2-7,12H,14H2,1H3. The predicted octanol–water partition coefficient (Wildman–Crippen LogP) is 1.77. The second-order valence-electron chi connectivity index (χ2n) is 4.15. The van der Waals surface area contributed by atoms with E-state index in [0.717, 1.165) is 11.1 Å². The number of nitrogens with two attached hydrogens (primary N) is 1. The molecule has 0 amide bonds. The summed E-state index contributed by atoms with van der Waals surface area (Å²) in [7, 11) is 1.67. The fourth-order valence-corrected chi connectivity index (χ4v) is 1.98. The Morgan fingerprint density at radius 2 is 2.17 bits per heavy atom. The van der Waals surface area contributed by atoms with Crippen molar-refractivity contribution in [2.45, 2.75) is 6.04 Å². The normalized spacial score (nSPS) is 13.0. The van der Waals surface area contributed by atoms with Crippen molar-refractivity contribution in [2.75, 3.05) is 0 Å². The monoisotopic (exact) mass is 244 g/mol. The zero-order chi connectivity index (χ0) is 12.7. The molecule has 5 nitrogen and oxygen atoms in total. The highest BCUT2D eigenvalue weighted by Crippen LogP contribution is 2.23. The van der Waals surface area contributed by atoms with Crippen LogP contribution in [0, 0.1) is 0 Å². The Kier molecular flexibility index (Phi) is 2.34. The van der Waals surface area contributed by atoms with Crippen LogP contribution in [-0.2, 0) is 7.05 Å². The molecule has 0 aliphatic carbocycles. The van der Waals surface area contributed by atoms with Crippen LogP contribution in [0.2, 0.25) is 0 Å². The molecule has 92 valence electrons. The van der Waals surface area contributed by atoms with E-state index in [2.05, 4.69) is 0 Å². The minimum atomic E-state index is -0.381. The number of nitrogens with zero attached hydrogens (tertiary/aromatic N) is 1. The predicted molar refractivity (Wildman–Crippen MR) is 66.2 cm³/mol. The maximum Gasteiger partial charge on any atom is 0.419 e. The lowest BCUT2D eigenvalue weighted by Gasteiger charge is -2.08. The average molecular weight is 244 g/mol. The van der Waals surface area contributed by atoms with Crippen molar-refractivity contribution in [3.8, 4) is 0 Å². The second-order valence-corrected chi connectivity index (χ2v) is 4.15. The molecule has 0 fully saturated rings. The first kappa shape index (κ1) is 10.9. The molecular formula is C13H12N2O3. The molecule has 0 aliphatic rings. The molecule has 0 saturated heterocycles. The fourth-order valence-electron chi connectivity index (χ4n) is 1.98. The minimum Gasteiger partial charge on any atom is -0.467 e. The van der Waals surface area contributed by atoms with Crippen molar-refractivity contribution in [3.63, 3.8) is 0 Å². The first-order valence-electron chi connectivity index (χ1n) is 5.55. The van der Waals surface area contributed by atoms with Crippen LogP contribution in [0.3, 0.4) is 0 Å². The summed E-state index contributed by atoms with van der Waals surface area (Å²) in [6.07, 6.45) is 1.58. The van der Waals surface area contributed by atoms with Gasteiger partial charge in [0.2, 0.25) is 0 Å². The van der Waals surface area contributed by atoms with Crippen molar-refractivity contribution in [3.05, 3.63) is 58.5 Å². The highest BCUT2D eigenvalue weighted by Gasteiger charge is 2.14. The number of benzene rings is 1.